The van der Waals surface area contributed by atoms with Gasteiger partial charge in [0.1, 0.15) is 0 Å². The quantitative estimate of drug-likeness (QED) is 0.206. The minimum atomic E-state index is 0. The van der Waals surface area contributed by atoms with Gasteiger partial charge in [-0.15, -0.1) is 18.6 Å². The molecule has 49 heavy (non-hydrogen) atoms. The van der Waals surface area contributed by atoms with Crippen molar-refractivity contribution in [2.24, 2.45) is 5.92 Å². The van der Waals surface area contributed by atoms with Crippen molar-refractivity contribution >= 4 is 14.4 Å². The van der Waals surface area contributed by atoms with Gasteiger partial charge in [-0.2, -0.15) is 11.6 Å². The first-order chi connectivity index (χ1) is 22.2. The molecule has 0 saturated heterocycles. The number of benzene rings is 4. The van der Waals surface area contributed by atoms with E-state index in [2.05, 4.69) is 172 Å². The van der Waals surface area contributed by atoms with Crippen molar-refractivity contribution in [3.05, 3.63) is 165 Å². The van der Waals surface area contributed by atoms with E-state index in [1.807, 2.05) is 0 Å². The summed E-state index contributed by atoms with van der Waals surface area (Å²) in [6, 6.07) is 30.9. The van der Waals surface area contributed by atoms with Gasteiger partial charge in [0.25, 0.3) is 0 Å². The van der Waals surface area contributed by atoms with Crippen LogP contribution in [0.3, 0.4) is 0 Å². The van der Waals surface area contributed by atoms with Crippen molar-refractivity contribution in [1.29, 1.82) is 0 Å². The third-order valence-electron chi connectivity index (χ3n) is 10.1. The predicted octanol–water partition coefficient (Wildman–Crippen LogP) is 5.59. The van der Waals surface area contributed by atoms with Gasteiger partial charge in [0.2, 0.25) is 0 Å². The van der Waals surface area contributed by atoms with Gasteiger partial charge in [-0.25, -0.2) is 16.7 Å². The monoisotopic (exact) mass is 758 g/mol. The molecule has 0 aromatic heterocycles. The van der Waals surface area contributed by atoms with E-state index >= 15 is 0 Å². The van der Waals surface area contributed by atoms with Crippen LogP contribution in [-0.4, -0.2) is 3.21 Å². The third-order valence-corrected chi connectivity index (χ3v) is 11.5. The molecule has 0 bridgehead atoms. The number of rotatable bonds is 2. The average Bonchev–Trinajstić information content (AvgIpc) is 3.69. The van der Waals surface area contributed by atoms with Gasteiger partial charge in [-0.1, -0.05) is 78.0 Å². The predicted molar refractivity (Wildman–Crippen MR) is 198 cm³/mol. The Morgan fingerprint density at radius 3 is 1.63 bits per heavy atom. The van der Waals surface area contributed by atoms with Gasteiger partial charge in [-0.3, -0.25) is 12.2 Å². The van der Waals surface area contributed by atoms with Crippen molar-refractivity contribution in [1.82, 2.24) is 0 Å². The fourth-order valence-electron chi connectivity index (χ4n) is 7.65. The molecule has 0 aliphatic heterocycles. The molecule has 4 aliphatic carbocycles. The molecule has 0 fully saturated rings. The van der Waals surface area contributed by atoms with Crippen LogP contribution in [0.25, 0.3) is 22.3 Å². The number of hydrogen-bond donors (Lipinski definition) is 0. The molecule has 4 aromatic carbocycles. The molecule has 4 aliphatic rings. The van der Waals surface area contributed by atoms with E-state index in [1.165, 1.54) is 105 Å². The summed E-state index contributed by atoms with van der Waals surface area (Å²) >= 11 is 1.46. The van der Waals surface area contributed by atoms with E-state index in [0.717, 1.165) is 6.42 Å². The van der Waals surface area contributed by atoms with E-state index in [0.29, 0.717) is 5.92 Å². The molecular formula is C46H46Cl2Zr-2. The van der Waals surface area contributed by atoms with Crippen LogP contribution < -0.4 is 24.8 Å². The van der Waals surface area contributed by atoms with Crippen LogP contribution in [0.5, 0.6) is 0 Å². The summed E-state index contributed by atoms with van der Waals surface area (Å²) in [6.45, 7) is 20.1. The Morgan fingerprint density at radius 2 is 1.16 bits per heavy atom. The first-order valence-electron chi connectivity index (χ1n) is 16.9. The zero-order chi connectivity index (χ0) is 33.7. The van der Waals surface area contributed by atoms with Gasteiger partial charge in [0.05, 0.1) is 0 Å². The molecule has 4 aromatic rings. The zero-order valence-corrected chi connectivity index (χ0v) is 34.2. The fraction of sp³-hybridized carbons (Fsp3) is 0.283. The van der Waals surface area contributed by atoms with Gasteiger partial charge in [0, 0.05) is 5.41 Å². The van der Waals surface area contributed by atoms with Crippen molar-refractivity contribution in [3.8, 4) is 11.1 Å². The van der Waals surface area contributed by atoms with Crippen molar-refractivity contribution < 1.29 is 49.0 Å². The van der Waals surface area contributed by atoms with E-state index in [1.54, 1.807) is 0 Å². The Kier molecular flexibility index (Phi) is 12.1. The molecule has 0 spiro atoms. The maximum absolute atomic E-state index is 3.65. The molecule has 3 heteroatoms. The Labute approximate surface area is 322 Å². The minimum absolute atomic E-state index is 0. The summed E-state index contributed by atoms with van der Waals surface area (Å²) in [5.41, 5.74) is 19.9. The van der Waals surface area contributed by atoms with Gasteiger partial charge in [-0.05, 0) is 58.4 Å². The van der Waals surface area contributed by atoms with Crippen LogP contribution in [-0.2, 0) is 41.5 Å². The molecular weight excluding hydrogens is 715 g/mol. The summed E-state index contributed by atoms with van der Waals surface area (Å²) in [5, 5.41) is 0. The van der Waals surface area contributed by atoms with E-state index in [9.17, 15) is 0 Å². The van der Waals surface area contributed by atoms with Crippen LogP contribution in [0.4, 0.5) is 0 Å². The van der Waals surface area contributed by atoms with Crippen LogP contribution >= 0.6 is 0 Å². The standard InChI is InChI=1S/C25H25.C13H10.C8H11.2ClH.Zr/c1-14-12-24(3,4)22-8-16-7-17-9-23-19(15(2)13-25(23,5)6)11-21(17)20(16)10-18(14)22;1-3-7-12(8-4-1)11-13-9-5-2-6-10-13;1-6-4-7(2)8(3)5-6;;;/h8-12H,7H2,1-6H3;1-10H;4,6H,1-3H3;2*1H;/q-1;;-1;;;+2/p-2. The van der Waals surface area contributed by atoms with Crippen LogP contribution in [0.2, 0.25) is 0 Å². The van der Waals surface area contributed by atoms with Crippen LogP contribution in [0.15, 0.2) is 108 Å². The van der Waals surface area contributed by atoms with E-state index in [-0.39, 0.29) is 35.6 Å². The van der Waals surface area contributed by atoms with Gasteiger partial charge in [0.15, 0.2) is 0 Å². The third kappa shape index (κ3) is 7.91. The van der Waals surface area contributed by atoms with Crippen LogP contribution in [0.1, 0.15) is 107 Å². The number of hydrogen-bond acceptors (Lipinski definition) is 0. The SMILES string of the molecule is CC1=[C-]C(C)(C)c2cc3c(cc21)-c1cc2c(cc1C3)C(C)(C)C=C2C.CC1=[C-]C(C)C=C1C.[Cl-].[Cl-].[Zr+2]=[C](c1ccccc1)c1ccccc1. The molecule has 0 amide bonds. The molecule has 0 nitrogen and oxygen atoms in total. The average molecular weight is 761 g/mol. The van der Waals surface area contributed by atoms with Crippen molar-refractivity contribution in [2.75, 3.05) is 0 Å². The summed E-state index contributed by atoms with van der Waals surface area (Å²) in [7, 11) is 0. The molecule has 0 radical (unpaired) electrons. The van der Waals surface area contributed by atoms with Crippen LogP contribution in [0, 0.1) is 18.1 Å². The Bertz CT molecular complexity index is 1860. The van der Waals surface area contributed by atoms with Crippen molar-refractivity contribution in [2.45, 2.75) is 79.6 Å². The first-order valence-corrected chi connectivity index (χ1v) is 18.1. The van der Waals surface area contributed by atoms with Gasteiger partial charge < -0.3 is 24.8 Å². The Balaban J connectivity index is 0.000000191. The number of allylic oxidation sites excluding steroid dienone is 8. The van der Waals surface area contributed by atoms with Crippen molar-refractivity contribution in [3.63, 3.8) is 0 Å². The summed E-state index contributed by atoms with van der Waals surface area (Å²) < 4.78 is 1.42. The summed E-state index contributed by atoms with van der Waals surface area (Å²) in [5.74, 6) is 0.551. The van der Waals surface area contributed by atoms with E-state index < -0.39 is 0 Å². The zero-order valence-electron chi connectivity index (χ0n) is 30.3. The van der Waals surface area contributed by atoms with E-state index in [4.69, 9.17) is 0 Å². The fourth-order valence-corrected chi connectivity index (χ4v) is 8.47. The van der Waals surface area contributed by atoms with Gasteiger partial charge >= 0.3 is 99.2 Å². The maximum atomic E-state index is 3.65. The normalized spacial score (nSPS) is 17.8. The second-order valence-corrected chi connectivity index (χ2v) is 16.0. The molecule has 0 saturated carbocycles. The molecule has 0 N–H and O–H groups in total. The Hall–Kier alpha value is -2.83. The molecule has 1 unspecified atom stereocenters. The Morgan fingerprint density at radius 1 is 0.653 bits per heavy atom. The topological polar surface area (TPSA) is 0 Å². The molecule has 250 valence electrons. The second-order valence-electron chi connectivity index (χ2n) is 14.7. The molecule has 0 heterocycles. The first kappa shape index (κ1) is 39.0. The number of halogens is 2. The number of fused-ring (bicyclic) bond motifs is 5. The second kappa shape index (κ2) is 15.2. The summed E-state index contributed by atoms with van der Waals surface area (Å²) in [4.78, 5) is 0. The molecule has 8 rings (SSSR count). The molecule has 1 atom stereocenters. The summed E-state index contributed by atoms with van der Waals surface area (Å²) in [6.07, 6.45) is 12.7.